The molecule has 0 aliphatic heterocycles. The van der Waals surface area contributed by atoms with Crippen LogP contribution in [0.1, 0.15) is 46.5 Å². The fraction of sp³-hybridized carbons (Fsp3) is 0.769. The number of carbonyl (C=O) groups is 3. The number of nitrogens with one attached hydrogen (secondary N) is 2. The van der Waals surface area contributed by atoms with Gasteiger partial charge in [0.1, 0.15) is 6.04 Å². The van der Waals surface area contributed by atoms with Crippen molar-refractivity contribution in [2.24, 2.45) is 11.7 Å². The minimum atomic E-state index is -1.18. The van der Waals surface area contributed by atoms with E-state index in [-0.39, 0.29) is 18.9 Å². The van der Waals surface area contributed by atoms with E-state index in [9.17, 15) is 14.4 Å². The Kier molecular flexibility index (Phi) is 8.35. The summed E-state index contributed by atoms with van der Waals surface area (Å²) in [6.07, 6.45) is 1.70. The number of hydrogen-bond acceptors (Lipinski definition) is 3. The summed E-state index contributed by atoms with van der Waals surface area (Å²) in [4.78, 5) is 33.2. The number of amides is 3. The molecule has 0 heterocycles. The van der Waals surface area contributed by atoms with E-state index in [1.165, 1.54) is 0 Å². The fourth-order valence-electron chi connectivity index (χ4n) is 1.62. The Balaban J connectivity index is 4.18. The number of rotatable bonds is 9. The van der Waals surface area contributed by atoms with Gasteiger partial charge in [0.25, 0.3) is 0 Å². The second-order valence-electron chi connectivity index (χ2n) is 5.39. The highest BCUT2D eigenvalue weighted by Crippen LogP contribution is 2.06. The van der Waals surface area contributed by atoms with Crippen LogP contribution in [0.2, 0.25) is 0 Å². The number of nitrogens with two attached hydrogens (primary N) is 1. The average molecular weight is 287 g/mol. The smallest absolute Gasteiger partial charge is 0.326 e. The van der Waals surface area contributed by atoms with Crippen LogP contribution in [-0.2, 0) is 9.59 Å². The van der Waals surface area contributed by atoms with Gasteiger partial charge in [-0.2, -0.15) is 0 Å². The molecule has 0 aliphatic carbocycles. The molecule has 0 saturated heterocycles. The number of hydrogen-bond donors (Lipinski definition) is 4. The molecule has 0 fully saturated rings. The van der Waals surface area contributed by atoms with E-state index < -0.39 is 23.9 Å². The van der Waals surface area contributed by atoms with E-state index in [1.54, 1.807) is 0 Å². The molecule has 0 bridgehead atoms. The molecule has 2 atom stereocenters. The van der Waals surface area contributed by atoms with Gasteiger partial charge in [-0.1, -0.05) is 13.8 Å². The van der Waals surface area contributed by atoms with Crippen LogP contribution in [0.25, 0.3) is 0 Å². The van der Waals surface area contributed by atoms with Gasteiger partial charge in [-0.25, -0.2) is 9.59 Å². The van der Waals surface area contributed by atoms with E-state index in [1.807, 2.05) is 6.92 Å². The summed E-state index contributed by atoms with van der Waals surface area (Å²) in [5.74, 6) is -1.23. The first-order chi connectivity index (χ1) is 9.22. The van der Waals surface area contributed by atoms with Crippen LogP contribution in [0.4, 0.5) is 4.79 Å². The number of carbonyl (C=O) groups excluding carboxylic acids is 2. The van der Waals surface area contributed by atoms with Crippen molar-refractivity contribution in [2.75, 3.05) is 0 Å². The molecule has 0 saturated carbocycles. The highest BCUT2D eigenvalue weighted by atomic mass is 16.4. The molecule has 0 aliphatic rings. The average Bonchev–Trinajstić information content (AvgIpc) is 2.31. The van der Waals surface area contributed by atoms with E-state index in [2.05, 4.69) is 24.5 Å². The van der Waals surface area contributed by atoms with Crippen LogP contribution >= 0.6 is 0 Å². The molecular formula is C13H25N3O4. The summed E-state index contributed by atoms with van der Waals surface area (Å²) >= 11 is 0. The molecule has 0 aromatic rings. The minimum absolute atomic E-state index is 0.0154. The van der Waals surface area contributed by atoms with Crippen LogP contribution in [0.15, 0.2) is 0 Å². The van der Waals surface area contributed by atoms with Crippen molar-refractivity contribution in [2.45, 2.75) is 58.5 Å². The third-order valence-corrected chi connectivity index (χ3v) is 2.84. The zero-order valence-corrected chi connectivity index (χ0v) is 12.3. The Bertz CT molecular complexity index is 345. The van der Waals surface area contributed by atoms with Crippen molar-refractivity contribution in [3.8, 4) is 0 Å². The summed E-state index contributed by atoms with van der Waals surface area (Å²) in [6, 6.07) is -1.69. The molecule has 5 N–H and O–H groups in total. The predicted molar refractivity (Wildman–Crippen MR) is 75.1 cm³/mol. The largest absolute Gasteiger partial charge is 0.480 e. The quantitative estimate of drug-likeness (QED) is 0.501. The summed E-state index contributed by atoms with van der Waals surface area (Å²) in [7, 11) is 0. The number of carboxylic acid groups (broad SMARTS) is 1. The van der Waals surface area contributed by atoms with Gasteiger partial charge < -0.3 is 21.5 Å². The molecule has 0 aromatic carbocycles. The SMILES string of the molecule is CC(C)CCC(C)NC(=O)N[C@H](CCC(N)=O)C(=O)O. The summed E-state index contributed by atoms with van der Waals surface area (Å²) in [5.41, 5.74) is 4.96. The lowest BCUT2D eigenvalue weighted by Crippen LogP contribution is -2.48. The van der Waals surface area contributed by atoms with E-state index in [0.717, 1.165) is 12.8 Å². The lowest BCUT2D eigenvalue weighted by molar-refractivity contribution is -0.139. The van der Waals surface area contributed by atoms with E-state index >= 15 is 0 Å². The van der Waals surface area contributed by atoms with E-state index in [4.69, 9.17) is 10.8 Å². The van der Waals surface area contributed by atoms with Gasteiger partial charge in [0.2, 0.25) is 5.91 Å². The molecule has 116 valence electrons. The second-order valence-corrected chi connectivity index (χ2v) is 5.39. The monoisotopic (exact) mass is 287 g/mol. The molecule has 0 radical (unpaired) electrons. The molecule has 7 heteroatoms. The molecule has 7 nitrogen and oxygen atoms in total. The molecule has 20 heavy (non-hydrogen) atoms. The Morgan fingerprint density at radius 1 is 1.05 bits per heavy atom. The van der Waals surface area contributed by atoms with Gasteiger partial charge in [-0.05, 0) is 32.1 Å². The van der Waals surface area contributed by atoms with Gasteiger partial charge in [-0.15, -0.1) is 0 Å². The van der Waals surface area contributed by atoms with Crippen molar-refractivity contribution in [1.82, 2.24) is 10.6 Å². The molecule has 1 unspecified atom stereocenters. The maximum Gasteiger partial charge on any atom is 0.326 e. The third-order valence-electron chi connectivity index (χ3n) is 2.84. The lowest BCUT2D eigenvalue weighted by Gasteiger charge is -2.18. The molecule has 0 rings (SSSR count). The minimum Gasteiger partial charge on any atom is -0.480 e. The van der Waals surface area contributed by atoms with Crippen molar-refractivity contribution >= 4 is 17.9 Å². The molecule has 3 amide bonds. The van der Waals surface area contributed by atoms with Crippen molar-refractivity contribution in [1.29, 1.82) is 0 Å². The van der Waals surface area contributed by atoms with Crippen molar-refractivity contribution in [3.63, 3.8) is 0 Å². The molecular weight excluding hydrogens is 262 g/mol. The maximum atomic E-state index is 11.7. The first-order valence-electron chi connectivity index (χ1n) is 6.80. The number of urea groups is 1. The summed E-state index contributed by atoms with van der Waals surface area (Å²) < 4.78 is 0. The van der Waals surface area contributed by atoms with Gasteiger partial charge >= 0.3 is 12.0 Å². The molecule has 0 aromatic heterocycles. The molecule has 0 spiro atoms. The van der Waals surface area contributed by atoms with Gasteiger partial charge in [0.05, 0.1) is 0 Å². The summed E-state index contributed by atoms with van der Waals surface area (Å²) in [5, 5.41) is 14.0. The highest BCUT2D eigenvalue weighted by Gasteiger charge is 2.21. The standard InChI is InChI=1S/C13H25N3O4/c1-8(2)4-5-9(3)15-13(20)16-10(12(18)19)6-7-11(14)17/h8-10H,4-7H2,1-3H3,(H2,14,17)(H,18,19)(H2,15,16,20)/t9?,10-/m1/s1. The van der Waals surface area contributed by atoms with Gasteiger partial charge in [0.15, 0.2) is 0 Å². The lowest BCUT2D eigenvalue weighted by atomic mass is 10.0. The number of primary amides is 1. The third kappa shape index (κ3) is 9.18. The van der Waals surface area contributed by atoms with Crippen molar-refractivity contribution < 1.29 is 19.5 Å². The van der Waals surface area contributed by atoms with Crippen LogP contribution in [0.3, 0.4) is 0 Å². The predicted octanol–water partition coefficient (Wildman–Crippen LogP) is 0.829. The van der Waals surface area contributed by atoms with Crippen LogP contribution in [0, 0.1) is 5.92 Å². The zero-order chi connectivity index (χ0) is 15.7. The topological polar surface area (TPSA) is 122 Å². The maximum absolute atomic E-state index is 11.7. The first kappa shape index (κ1) is 18.2. The fourth-order valence-corrected chi connectivity index (χ4v) is 1.62. The Morgan fingerprint density at radius 2 is 1.65 bits per heavy atom. The van der Waals surface area contributed by atoms with Crippen LogP contribution in [-0.4, -0.2) is 35.1 Å². The van der Waals surface area contributed by atoms with Gasteiger partial charge in [-0.3, -0.25) is 4.79 Å². The zero-order valence-electron chi connectivity index (χ0n) is 12.3. The van der Waals surface area contributed by atoms with E-state index in [0.29, 0.717) is 5.92 Å². The number of carboxylic acids is 1. The second kappa shape index (κ2) is 9.17. The van der Waals surface area contributed by atoms with Crippen LogP contribution in [0.5, 0.6) is 0 Å². The summed E-state index contributed by atoms with van der Waals surface area (Å²) in [6.45, 7) is 6.05. The Hall–Kier alpha value is -1.79. The normalized spacial score (nSPS) is 13.6. The number of aliphatic carboxylic acids is 1. The van der Waals surface area contributed by atoms with Crippen molar-refractivity contribution in [3.05, 3.63) is 0 Å². The Morgan fingerprint density at radius 3 is 2.10 bits per heavy atom. The Labute approximate surface area is 119 Å². The highest BCUT2D eigenvalue weighted by molar-refractivity contribution is 5.83. The first-order valence-corrected chi connectivity index (χ1v) is 6.80. The van der Waals surface area contributed by atoms with Gasteiger partial charge in [0, 0.05) is 12.5 Å². The van der Waals surface area contributed by atoms with Crippen LogP contribution < -0.4 is 16.4 Å².